The van der Waals surface area contributed by atoms with Crippen molar-refractivity contribution in [2.24, 2.45) is 0 Å². The predicted molar refractivity (Wildman–Crippen MR) is 60.9 cm³/mol. The molecular weight excluding hydrogens is 226 g/mol. The Hall–Kier alpha value is -1.36. The number of aliphatic carboxylic acids is 1. The molecule has 0 saturated carbocycles. The number of aryl methyl sites for hydroxylation is 2. The molecule has 1 aromatic heterocycles. The van der Waals surface area contributed by atoms with E-state index in [0.29, 0.717) is 4.88 Å². The molecule has 1 aliphatic rings. The molecule has 1 atom stereocenters. The van der Waals surface area contributed by atoms with E-state index in [1.807, 2.05) is 6.07 Å². The molecule has 0 spiro atoms. The molecule has 0 unspecified atom stereocenters. The summed E-state index contributed by atoms with van der Waals surface area (Å²) in [7, 11) is 0. The largest absolute Gasteiger partial charge is 0.480 e. The Morgan fingerprint density at radius 1 is 1.50 bits per heavy atom. The molecule has 0 saturated heterocycles. The third-order valence-corrected chi connectivity index (χ3v) is 3.92. The number of thiophene rings is 1. The number of carboxylic acids is 1. The summed E-state index contributed by atoms with van der Waals surface area (Å²) in [5, 5.41) is 11.1. The Balaban J connectivity index is 2.07. The Kier molecular flexibility index (Phi) is 2.96. The molecule has 0 aromatic carbocycles. The lowest BCUT2D eigenvalue weighted by atomic mass is 10.2. The number of hydrogen-bond donors (Lipinski definition) is 2. The van der Waals surface area contributed by atoms with Gasteiger partial charge in [0.1, 0.15) is 6.04 Å². The fourth-order valence-electron chi connectivity index (χ4n) is 1.77. The molecule has 1 aliphatic carbocycles. The smallest absolute Gasteiger partial charge is 0.325 e. The van der Waals surface area contributed by atoms with Gasteiger partial charge in [0.05, 0.1) is 4.88 Å². The van der Waals surface area contributed by atoms with E-state index < -0.39 is 12.0 Å². The second-order valence-corrected chi connectivity index (χ2v) is 5.08. The van der Waals surface area contributed by atoms with Crippen LogP contribution >= 0.6 is 11.3 Å². The lowest BCUT2D eigenvalue weighted by Gasteiger charge is -2.07. The first kappa shape index (κ1) is 11.1. The first-order chi connectivity index (χ1) is 7.58. The first-order valence-corrected chi connectivity index (χ1v) is 6.05. The van der Waals surface area contributed by atoms with Gasteiger partial charge in [-0.1, -0.05) is 0 Å². The van der Waals surface area contributed by atoms with Gasteiger partial charge in [-0.25, -0.2) is 0 Å². The quantitative estimate of drug-likeness (QED) is 0.838. The van der Waals surface area contributed by atoms with E-state index in [2.05, 4.69) is 5.32 Å². The molecule has 86 valence electrons. The van der Waals surface area contributed by atoms with Crippen LogP contribution in [0.5, 0.6) is 0 Å². The Labute approximate surface area is 97.3 Å². The molecule has 0 bridgehead atoms. The minimum Gasteiger partial charge on any atom is -0.480 e. The van der Waals surface area contributed by atoms with Crippen molar-refractivity contribution < 1.29 is 14.7 Å². The van der Waals surface area contributed by atoms with Gasteiger partial charge in [0.25, 0.3) is 5.91 Å². The molecule has 1 amide bonds. The van der Waals surface area contributed by atoms with Crippen molar-refractivity contribution in [2.75, 3.05) is 0 Å². The van der Waals surface area contributed by atoms with Gasteiger partial charge in [-0.05, 0) is 37.8 Å². The van der Waals surface area contributed by atoms with Crippen molar-refractivity contribution in [1.82, 2.24) is 5.32 Å². The number of carbonyl (C=O) groups excluding carboxylic acids is 1. The fraction of sp³-hybridized carbons (Fsp3) is 0.455. The number of carbonyl (C=O) groups is 2. The number of rotatable bonds is 3. The number of fused-ring (bicyclic) bond motifs is 1. The van der Waals surface area contributed by atoms with Crippen LogP contribution in [0.1, 0.15) is 33.5 Å². The molecule has 0 aliphatic heterocycles. The third-order valence-electron chi connectivity index (χ3n) is 2.69. The molecule has 1 aromatic rings. The van der Waals surface area contributed by atoms with Crippen molar-refractivity contribution in [3.8, 4) is 0 Å². The highest BCUT2D eigenvalue weighted by atomic mass is 32.1. The summed E-state index contributed by atoms with van der Waals surface area (Å²) in [5.41, 5.74) is 1.25. The average molecular weight is 239 g/mol. The highest BCUT2D eigenvalue weighted by Gasteiger charge is 2.20. The van der Waals surface area contributed by atoms with Gasteiger partial charge in [-0.15, -0.1) is 11.3 Å². The lowest BCUT2D eigenvalue weighted by Crippen LogP contribution is -2.37. The van der Waals surface area contributed by atoms with Crippen molar-refractivity contribution >= 4 is 23.2 Å². The number of nitrogens with one attached hydrogen (secondary N) is 1. The zero-order valence-electron chi connectivity index (χ0n) is 8.95. The van der Waals surface area contributed by atoms with Crippen LogP contribution in [-0.2, 0) is 17.6 Å². The van der Waals surface area contributed by atoms with Gasteiger partial charge in [0.2, 0.25) is 0 Å². The Morgan fingerprint density at radius 2 is 2.25 bits per heavy atom. The molecule has 0 fully saturated rings. The molecule has 2 N–H and O–H groups in total. The summed E-state index contributed by atoms with van der Waals surface area (Å²) >= 11 is 1.48. The van der Waals surface area contributed by atoms with E-state index in [1.165, 1.54) is 28.7 Å². The summed E-state index contributed by atoms with van der Waals surface area (Å²) in [4.78, 5) is 24.2. The standard InChI is InChI=1S/C11H13NO3S/c1-6(11(14)15)12-10(13)9-5-7-3-2-4-8(7)16-9/h5-6H,2-4H2,1H3,(H,12,13)(H,14,15)/t6-/m1/s1. The summed E-state index contributed by atoms with van der Waals surface area (Å²) < 4.78 is 0. The van der Waals surface area contributed by atoms with Crippen LogP contribution < -0.4 is 5.32 Å². The fourth-order valence-corrected chi connectivity index (χ4v) is 2.93. The van der Waals surface area contributed by atoms with E-state index in [4.69, 9.17) is 5.11 Å². The van der Waals surface area contributed by atoms with Crippen LogP contribution in [0.15, 0.2) is 6.07 Å². The van der Waals surface area contributed by atoms with Gasteiger partial charge in [-0.3, -0.25) is 9.59 Å². The molecule has 2 rings (SSSR count). The van der Waals surface area contributed by atoms with E-state index in [-0.39, 0.29) is 5.91 Å². The van der Waals surface area contributed by atoms with E-state index in [1.54, 1.807) is 0 Å². The van der Waals surface area contributed by atoms with Gasteiger partial charge in [-0.2, -0.15) is 0 Å². The molecule has 4 nitrogen and oxygen atoms in total. The maximum atomic E-state index is 11.7. The zero-order valence-corrected chi connectivity index (χ0v) is 9.76. The van der Waals surface area contributed by atoms with Crippen molar-refractivity contribution in [1.29, 1.82) is 0 Å². The monoisotopic (exact) mass is 239 g/mol. The van der Waals surface area contributed by atoms with Crippen LogP contribution in [0.3, 0.4) is 0 Å². The molecule has 16 heavy (non-hydrogen) atoms. The van der Waals surface area contributed by atoms with Crippen LogP contribution in [-0.4, -0.2) is 23.0 Å². The summed E-state index contributed by atoms with van der Waals surface area (Å²) in [6, 6.07) is 1.04. The first-order valence-electron chi connectivity index (χ1n) is 5.23. The molecular formula is C11H13NO3S. The van der Waals surface area contributed by atoms with E-state index in [9.17, 15) is 9.59 Å². The summed E-state index contributed by atoms with van der Waals surface area (Å²) in [5.74, 6) is -1.30. The van der Waals surface area contributed by atoms with E-state index >= 15 is 0 Å². The summed E-state index contributed by atoms with van der Waals surface area (Å²) in [6.07, 6.45) is 3.24. The number of carboxylic acid groups (broad SMARTS) is 1. The van der Waals surface area contributed by atoms with Crippen molar-refractivity contribution in [3.63, 3.8) is 0 Å². The molecule has 1 heterocycles. The number of amides is 1. The Bertz CT molecular complexity index is 417. The predicted octanol–water partition coefficient (Wildman–Crippen LogP) is 1.44. The van der Waals surface area contributed by atoms with Crippen LogP contribution in [0.25, 0.3) is 0 Å². The highest BCUT2D eigenvalue weighted by Crippen LogP contribution is 2.30. The maximum absolute atomic E-state index is 11.7. The van der Waals surface area contributed by atoms with E-state index in [0.717, 1.165) is 19.3 Å². The van der Waals surface area contributed by atoms with Crippen molar-refractivity contribution in [2.45, 2.75) is 32.2 Å². The zero-order chi connectivity index (χ0) is 11.7. The van der Waals surface area contributed by atoms with Gasteiger partial charge < -0.3 is 10.4 Å². The van der Waals surface area contributed by atoms with Gasteiger partial charge in [0.15, 0.2) is 0 Å². The third kappa shape index (κ3) is 2.09. The molecule has 5 heteroatoms. The minimum absolute atomic E-state index is 0.283. The molecule has 0 radical (unpaired) electrons. The highest BCUT2D eigenvalue weighted by molar-refractivity contribution is 7.14. The topological polar surface area (TPSA) is 66.4 Å². The van der Waals surface area contributed by atoms with Crippen LogP contribution in [0, 0.1) is 0 Å². The van der Waals surface area contributed by atoms with Crippen LogP contribution in [0.4, 0.5) is 0 Å². The minimum atomic E-state index is -1.02. The van der Waals surface area contributed by atoms with Crippen molar-refractivity contribution in [3.05, 3.63) is 21.4 Å². The maximum Gasteiger partial charge on any atom is 0.325 e. The second-order valence-electron chi connectivity index (χ2n) is 3.95. The second kappa shape index (κ2) is 4.25. The SMILES string of the molecule is C[C@@H](NC(=O)c1cc2c(s1)CCC2)C(=O)O. The van der Waals surface area contributed by atoms with Gasteiger partial charge in [0, 0.05) is 4.88 Å². The number of hydrogen-bond acceptors (Lipinski definition) is 3. The van der Waals surface area contributed by atoms with Crippen LogP contribution in [0.2, 0.25) is 0 Å². The van der Waals surface area contributed by atoms with Gasteiger partial charge >= 0.3 is 5.97 Å². The lowest BCUT2D eigenvalue weighted by molar-refractivity contribution is -0.138. The summed E-state index contributed by atoms with van der Waals surface area (Å²) in [6.45, 7) is 1.46. The Morgan fingerprint density at radius 3 is 2.88 bits per heavy atom. The normalized spacial score (nSPS) is 15.6. The average Bonchev–Trinajstić information content (AvgIpc) is 2.75.